The number of rotatable bonds is 5. The van der Waals surface area contributed by atoms with Crippen molar-refractivity contribution in [3.05, 3.63) is 48.5 Å². The SMILES string of the molecule is C=CCC(NCC)c1cc2cc(F)ccc2o1. The molecule has 0 aliphatic carbocycles. The number of fused-ring (bicyclic) bond motifs is 1. The lowest BCUT2D eigenvalue weighted by atomic mass is 10.1. The minimum absolute atomic E-state index is 0.105. The van der Waals surface area contributed by atoms with Crippen LogP contribution < -0.4 is 5.32 Å². The number of hydrogen-bond donors (Lipinski definition) is 1. The van der Waals surface area contributed by atoms with Gasteiger partial charge in [0.15, 0.2) is 0 Å². The van der Waals surface area contributed by atoms with Crippen molar-refractivity contribution in [3.8, 4) is 0 Å². The second-order valence-corrected chi connectivity index (χ2v) is 3.97. The van der Waals surface area contributed by atoms with Gasteiger partial charge in [0.25, 0.3) is 0 Å². The van der Waals surface area contributed by atoms with Crippen molar-refractivity contribution in [2.24, 2.45) is 0 Å². The number of furan rings is 1. The van der Waals surface area contributed by atoms with Crippen molar-refractivity contribution in [3.63, 3.8) is 0 Å². The summed E-state index contributed by atoms with van der Waals surface area (Å²) >= 11 is 0. The van der Waals surface area contributed by atoms with Gasteiger partial charge in [-0.1, -0.05) is 13.0 Å². The number of hydrogen-bond acceptors (Lipinski definition) is 2. The van der Waals surface area contributed by atoms with E-state index in [0.717, 1.165) is 24.1 Å². The fourth-order valence-electron chi connectivity index (χ4n) is 1.92. The second kappa shape index (κ2) is 5.15. The molecule has 0 spiro atoms. The third-order valence-corrected chi connectivity index (χ3v) is 2.69. The Hall–Kier alpha value is -1.61. The van der Waals surface area contributed by atoms with E-state index in [4.69, 9.17) is 4.42 Å². The molecule has 0 radical (unpaired) electrons. The van der Waals surface area contributed by atoms with Crippen LogP contribution in [0.4, 0.5) is 4.39 Å². The summed E-state index contributed by atoms with van der Waals surface area (Å²) in [6.07, 6.45) is 2.64. The van der Waals surface area contributed by atoms with Gasteiger partial charge in [0, 0.05) is 5.39 Å². The molecule has 1 heterocycles. The molecule has 17 heavy (non-hydrogen) atoms. The van der Waals surface area contributed by atoms with E-state index >= 15 is 0 Å². The van der Waals surface area contributed by atoms with Gasteiger partial charge in [-0.15, -0.1) is 6.58 Å². The Balaban J connectivity index is 2.36. The average molecular weight is 233 g/mol. The summed E-state index contributed by atoms with van der Waals surface area (Å²) in [6.45, 7) is 6.63. The molecule has 0 saturated heterocycles. The summed E-state index contributed by atoms with van der Waals surface area (Å²) in [4.78, 5) is 0. The first-order valence-electron chi connectivity index (χ1n) is 5.78. The molecule has 3 heteroatoms. The molecule has 0 amide bonds. The fourth-order valence-corrected chi connectivity index (χ4v) is 1.92. The van der Waals surface area contributed by atoms with E-state index in [2.05, 4.69) is 11.9 Å². The van der Waals surface area contributed by atoms with Gasteiger partial charge < -0.3 is 9.73 Å². The van der Waals surface area contributed by atoms with Crippen molar-refractivity contribution in [1.82, 2.24) is 5.32 Å². The van der Waals surface area contributed by atoms with Gasteiger partial charge in [0.2, 0.25) is 0 Å². The molecular formula is C14H16FNO. The molecule has 1 N–H and O–H groups in total. The Kier molecular flexibility index (Phi) is 3.59. The molecule has 2 rings (SSSR count). The van der Waals surface area contributed by atoms with Crippen molar-refractivity contribution >= 4 is 11.0 Å². The first-order valence-corrected chi connectivity index (χ1v) is 5.78. The van der Waals surface area contributed by atoms with E-state index in [1.165, 1.54) is 12.1 Å². The molecule has 1 unspecified atom stereocenters. The van der Waals surface area contributed by atoms with Crippen molar-refractivity contribution in [2.75, 3.05) is 6.54 Å². The monoisotopic (exact) mass is 233 g/mol. The van der Waals surface area contributed by atoms with Crippen LogP contribution in [-0.4, -0.2) is 6.54 Å². The van der Waals surface area contributed by atoms with Crippen LogP contribution in [0.15, 0.2) is 41.3 Å². The highest BCUT2D eigenvalue weighted by Crippen LogP contribution is 2.26. The van der Waals surface area contributed by atoms with Gasteiger partial charge >= 0.3 is 0 Å². The largest absolute Gasteiger partial charge is 0.459 e. The highest BCUT2D eigenvalue weighted by atomic mass is 19.1. The first-order chi connectivity index (χ1) is 8.24. The smallest absolute Gasteiger partial charge is 0.134 e. The van der Waals surface area contributed by atoms with E-state index in [9.17, 15) is 4.39 Å². The predicted octanol–water partition coefficient (Wildman–Crippen LogP) is 3.80. The molecule has 1 atom stereocenters. The van der Waals surface area contributed by atoms with E-state index in [1.807, 2.05) is 19.1 Å². The first kappa shape index (κ1) is 11.9. The van der Waals surface area contributed by atoms with Crippen LogP contribution in [0.5, 0.6) is 0 Å². The average Bonchev–Trinajstić information content (AvgIpc) is 2.71. The van der Waals surface area contributed by atoms with Gasteiger partial charge in [-0.2, -0.15) is 0 Å². The maximum Gasteiger partial charge on any atom is 0.134 e. The third kappa shape index (κ3) is 2.56. The van der Waals surface area contributed by atoms with Gasteiger partial charge in [-0.05, 0) is 37.2 Å². The summed E-state index contributed by atoms with van der Waals surface area (Å²) in [7, 11) is 0. The summed E-state index contributed by atoms with van der Waals surface area (Å²) in [5, 5.41) is 4.11. The fraction of sp³-hybridized carbons (Fsp3) is 0.286. The van der Waals surface area contributed by atoms with E-state index in [0.29, 0.717) is 5.58 Å². The molecule has 0 aliphatic rings. The maximum atomic E-state index is 13.1. The molecule has 2 aromatic rings. The summed E-state index contributed by atoms with van der Waals surface area (Å²) < 4.78 is 18.8. The number of nitrogens with one attached hydrogen (secondary N) is 1. The standard InChI is InChI=1S/C14H16FNO/c1-3-5-12(16-4-2)14-9-10-8-11(15)6-7-13(10)17-14/h3,6-9,12,16H,1,4-5H2,2H3. The number of halogens is 1. The normalized spacial score (nSPS) is 12.8. The Morgan fingerprint density at radius 3 is 3.00 bits per heavy atom. The molecular weight excluding hydrogens is 217 g/mol. The zero-order chi connectivity index (χ0) is 12.3. The van der Waals surface area contributed by atoms with Crippen molar-refractivity contribution in [2.45, 2.75) is 19.4 Å². The van der Waals surface area contributed by atoms with E-state index in [-0.39, 0.29) is 11.9 Å². The molecule has 90 valence electrons. The zero-order valence-corrected chi connectivity index (χ0v) is 9.87. The van der Waals surface area contributed by atoms with Crippen LogP contribution in [0, 0.1) is 5.82 Å². The van der Waals surface area contributed by atoms with E-state index in [1.54, 1.807) is 6.07 Å². The molecule has 1 aromatic carbocycles. The highest BCUT2D eigenvalue weighted by Gasteiger charge is 2.14. The van der Waals surface area contributed by atoms with Gasteiger partial charge in [0.1, 0.15) is 17.2 Å². The van der Waals surface area contributed by atoms with Crippen LogP contribution in [-0.2, 0) is 0 Å². The Labute approximate surface area is 100 Å². The Morgan fingerprint density at radius 1 is 1.47 bits per heavy atom. The van der Waals surface area contributed by atoms with Crippen molar-refractivity contribution < 1.29 is 8.81 Å². The van der Waals surface area contributed by atoms with Crippen molar-refractivity contribution in [1.29, 1.82) is 0 Å². The lowest BCUT2D eigenvalue weighted by molar-refractivity contribution is 0.439. The highest BCUT2D eigenvalue weighted by molar-refractivity contribution is 5.78. The third-order valence-electron chi connectivity index (χ3n) is 2.69. The van der Waals surface area contributed by atoms with Gasteiger partial charge in [0.05, 0.1) is 6.04 Å². The minimum Gasteiger partial charge on any atom is -0.459 e. The van der Waals surface area contributed by atoms with Crippen LogP contribution in [0.25, 0.3) is 11.0 Å². The minimum atomic E-state index is -0.242. The molecule has 0 bridgehead atoms. The maximum absolute atomic E-state index is 13.1. The predicted molar refractivity (Wildman–Crippen MR) is 67.4 cm³/mol. The zero-order valence-electron chi connectivity index (χ0n) is 9.87. The van der Waals surface area contributed by atoms with Gasteiger partial charge in [-0.25, -0.2) is 4.39 Å². The molecule has 0 aliphatic heterocycles. The molecule has 0 fully saturated rings. The van der Waals surface area contributed by atoms with Crippen LogP contribution in [0.1, 0.15) is 25.1 Å². The number of benzene rings is 1. The molecule has 0 saturated carbocycles. The lowest BCUT2D eigenvalue weighted by Crippen LogP contribution is -2.19. The summed E-state index contributed by atoms with van der Waals surface area (Å²) in [5.74, 6) is 0.584. The Bertz CT molecular complexity index is 518. The van der Waals surface area contributed by atoms with Crippen LogP contribution in [0.3, 0.4) is 0 Å². The quantitative estimate of drug-likeness (QED) is 0.795. The second-order valence-electron chi connectivity index (χ2n) is 3.97. The Morgan fingerprint density at radius 2 is 2.29 bits per heavy atom. The van der Waals surface area contributed by atoms with Crippen LogP contribution in [0.2, 0.25) is 0 Å². The van der Waals surface area contributed by atoms with Crippen LogP contribution >= 0.6 is 0 Å². The molecule has 2 nitrogen and oxygen atoms in total. The summed E-state index contributed by atoms with van der Waals surface area (Å²) in [5.41, 5.74) is 0.716. The lowest BCUT2D eigenvalue weighted by Gasteiger charge is -2.12. The van der Waals surface area contributed by atoms with Gasteiger partial charge in [-0.3, -0.25) is 0 Å². The van der Waals surface area contributed by atoms with E-state index < -0.39 is 0 Å². The molecule has 1 aromatic heterocycles. The topological polar surface area (TPSA) is 25.2 Å². The summed E-state index contributed by atoms with van der Waals surface area (Å²) in [6, 6.07) is 6.54.